The third-order valence-electron chi connectivity index (χ3n) is 5.87. The fourth-order valence-corrected chi connectivity index (χ4v) is 4.21. The standard InChI is InChI=1S/C27H51IO4/c1-3-5-7-9-11-13-15-17-19-21-26(29)31-24-25(23-28)32-27(30)22-20-18-16-14-12-10-8-6-4-2/h25H,3-24H2,1-2H3. The van der Waals surface area contributed by atoms with Crippen molar-refractivity contribution in [1.82, 2.24) is 0 Å². The largest absolute Gasteiger partial charge is 0.462 e. The van der Waals surface area contributed by atoms with Crippen molar-refractivity contribution in [2.45, 2.75) is 148 Å². The minimum atomic E-state index is -0.325. The summed E-state index contributed by atoms with van der Waals surface area (Å²) >= 11 is 2.19. The van der Waals surface area contributed by atoms with E-state index in [1.807, 2.05) is 0 Å². The van der Waals surface area contributed by atoms with Crippen molar-refractivity contribution >= 4 is 34.5 Å². The molecule has 1 atom stereocenters. The lowest BCUT2D eigenvalue weighted by Crippen LogP contribution is -2.26. The maximum absolute atomic E-state index is 12.1. The number of hydrogen-bond acceptors (Lipinski definition) is 4. The van der Waals surface area contributed by atoms with Crippen LogP contribution in [0.1, 0.15) is 142 Å². The number of alkyl halides is 1. The van der Waals surface area contributed by atoms with Gasteiger partial charge >= 0.3 is 11.9 Å². The highest BCUT2D eigenvalue weighted by atomic mass is 127. The lowest BCUT2D eigenvalue weighted by molar-refractivity contribution is -0.157. The Labute approximate surface area is 212 Å². The first-order valence-corrected chi connectivity index (χ1v) is 15.1. The molecule has 0 aliphatic heterocycles. The summed E-state index contributed by atoms with van der Waals surface area (Å²) in [5, 5.41) is 0. The summed E-state index contributed by atoms with van der Waals surface area (Å²) in [6, 6.07) is 0. The van der Waals surface area contributed by atoms with Crippen LogP contribution in [0.5, 0.6) is 0 Å². The van der Waals surface area contributed by atoms with E-state index in [2.05, 4.69) is 36.4 Å². The summed E-state index contributed by atoms with van der Waals surface area (Å²) in [7, 11) is 0. The third-order valence-corrected chi connectivity index (χ3v) is 6.85. The molecule has 0 fully saturated rings. The maximum Gasteiger partial charge on any atom is 0.306 e. The van der Waals surface area contributed by atoms with Crippen LogP contribution in [0.25, 0.3) is 0 Å². The van der Waals surface area contributed by atoms with Gasteiger partial charge in [0.1, 0.15) is 12.7 Å². The first kappa shape index (κ1) is 31.7. The monoisotopic (exact) mass is 566 g/mol. The van der Waals surface area contributed by atoms with E-state index in [1.54, 1.807) is 0 Å². The molecule has 0 amide bonds. The molecule has 0 saturated carbocycles. The van der Waals surface area contributed by atoms with Gasteiger partial charge in [-0.3, -0.25) is 9.59 Å². The molecule has 0 radical (unpaired) electrons. The second-order valence-corrected chi connectivity index (χ2v) is 9.99. The average molecular weight is 567 g/mol. The van der Waals surface area contributed by atoms with Gasteiger partial charge in [0, 0.05) is 17.3 Å². The first-order chi connectivity index (χ1) is 15.6. The van der Waals surface area contributed by atoms with Gasteiger partial charge in [0.15, 0.2) is 0 Å². The van der Waals surface area contributed by atoms with Crippen molar-refractivity contribution in [1.29, 1.82) is 0 Å². The minimum absolute atomic E-state index is 0.162. The van der Waals surface area contributed by atoms with E-state index in [0.717, 1.165) is 25.7 Å². The SMILES string of the molecule is CCCCCCCCCCCC(=O)OCC(CI)OC(=O)CCCCCCCCCCC. The molecule has 32 heavy (non-hydrogen) atoms. The number of ether oxygens (including phenoxy) is 2. The number of unbranched alkanes of at least 4 members (excludes halogenated alkanes) is 16. The number of carbonyl (C=O) groups is 2. The fraction of sp³-hybridized carbons (Fsp3) is 0.926. The highest BCUT2D eigenvalue weighted by Gasteiger charge is 2.15. The van der Waals surface area contributed by atoms with Crippen molar-refractivity contribution in [3.05, 3.63) is 0 Å². The van der Waals surface area contributed by atoms with E-state index >= 15 is 0 Å². The van der Waals surface area contributed by atoms with E-state index in [0.29, 0.717) is 17.3 Å². The average Bonchev–Trinajstić information content (AvgIpc) is 2.79. The smallest absolute Gasteiger partial charge is 0.306 e. The predicted molar refractivity (Wildman–Crippen MR) is 143 cm³/mol. The summed E-state index contributed by atoms with van der Waals surface area (Å²) in [5.74, 6) is -0.331. The van der Waals surface area contributed by atoms with E-state index in [-0.39, 0.29) is 24.6 Å². The lowest BCUT2D eigenvalue weighted by atomic mass is 10.1. The van der Waals surface area contributed by atoms with Crippen molar-refractivity contribution in [2.75, 3.05) is 11.0 Å². The summed E-state index contributed by atoms with van der Waals surface area (Å²) in [6.07, 6.45) is 22.8. The molecule has 5 heteroatoms. The molecule has 0 aliphatic carbocycles. The van der Waals surface area contributed by atoms with Gasteiger partial charge in [0.25, 0.3) is 0 Å². The molecule has 0 spiro atoms. The molecule has 0 saturated heterocycles. The highest BCUT2D eigenvalue weighted by Crippen LogP contribution is 2.13. The van der Waals surface area contributed by atoms with Crippen molar-refractivity contribution in [3.8, 4) is 0 Å². The van der Waals surface area contributed by atoms with Crippen LogP contribution >= 0.6 is 22.6 Å². The molecule has 0 aromatic heterocycles. The highest BCUT2D eigenvalue weighted by molar-refractivity contribution is 14.1. The van der Waals surface area contributed by atoms with Gasteiger partial charge in [0.05, 0.1) is 0 Å². The zero-order chi connectivity index (χ0) is 23.7. The normalized spacial score (nSPS) is 12.0. The predicted octanol–water partition coefficient (Wildman–Crippen LogP) is 8.72. The van der Waals surface area contributed by atoms with Crippen LogP contribution in [0.15, 0.2) is 0 Å². The van der Waals surface area contributed by atoms with E-state index in [9.17, 15) is 9.59 Å². The Bertz CT molecular complexity index is 428. The third kappa shape index (κ3) is 22.8. The first-order valence-electron chi connectivity index (χ1n) is 13.5. The van der Waals surface area contributed by atoms with Gasteiger partial charge in [-0.15, -0.1) is 0 Å². The summed E-state index contributed by atoms with van der Waals surface area (Å²) in [4.78, 5) is 24.0. The van der Waals surface area contributed by atoms with Crippen LogP contribution in [-0.2, 0) is 19.1 Å². The van der Waals surface area contributed by atoms with Crippen LogP contribution in [0.3, 0.4) is 0 Å². The van der Waals surface area contributed by atoms with Crippen LogP contribution in [0, 0.1) is 0 Å². The van der Waals surface area contributed by atoms with Gasteiger partial charge in [-0.05, 0) is 12.8 Å². The number of hydrogen-bond donors (Lipinski definition) is 0. The molecule has 0 aliphatic rings. The second kappa shape index (κ2) is 25.3. The van der Waals surface area contributed by atoms with Gasteiger partial charge < -0.3 is 9.47 Å². The number of halogens is 1. The zero-order valence-corrected chi connectivity index (χ0v) is 23.3. The van der Waals surface area contributed by atoms with Crippen molar-refractivity contribution in [3.63, 3.8) is 0 Å². The fourth-order valence-electron chi connectivity index (χ4n) is 3.77. The Morgan fingerprint density at radius 3 is 1.38 bits per heavy atom. The molecular weight excluding hydrogens is 515 g/mol. The molecule has 0 aromatic rings. The molecule has 0 bridgehead atoms. The Balaban J connectivity index is 3.61. The Morgan fingerprint density at radius 1 is 0.594 bits per heavy atom. The Hall–Kier alpha value is -0.330. The summed E-state index contributed by atoms with van der Waals surface area (Å²) < 4.78 is 11.5. The molecular formula is C27H51IO4. The van der Waals surface area contributed by atoms with Crippen LogP contribution in [0.4, 0.5) is 0 Å². The topological polar surface area (TPSA) is 52.6 Å². The number of carbonyl (C=O) groups excluding carboxylic acids is 2. The summed E-state index contributed by atoms with van der Waals surface area (Å²) in [5.41, 5.74) is 0. The molecule has 190 valence electrons. The van der Waals surface area contributed by atoms with Gasteiger partial charge in [-0.25, -0.2) is 0 Å². The lowest BCUT2D eigenvalue weighted by Gasteiger charge is -2.15. The van der Waals surface area contributed by atoms with Crippen LogP contribution < -0.4 is 0 Å². The minimum Gasteiger partial charge on any atom is -0.462 e. The van der Waals surface area contributed by atoms with Crippen molar-refractivity contribution in [2.24, 2.45) is 0 Å². The Morgan fingerprint density at radius 2 is 0.969 bits per heavy atom. The maximum atomic E-state index is 12.1. The van der Waals surface area contributed by atoms with Gasteiger partial charge in [0.2, 0.25) is 0 Å². The summed E-state index contributed by atoms with van der Waals surface area (Å²) in [6.45, 7) is 4.66. The van der Waals surface area contributed by atoms with Crippen LogP contribution in [-0.4, -0.2) is 29.1 Å². The van der Waals surface area contributed by atoms with Gasteiger partial charge in [-0.1, -0.05) is 139 Å². The molecule has 1 unspecified atom stereocenters. The quantitative estimate of drug-likeness (QED) is 0.0508. The molecule has 0 heterocycles. The number of rotatable bonds is 24. The zero-order valence-electron chi connectivity index (χ0n) is 21.1. The molecule has 0 rings (SSSR count). The molecule has 4 nitrogen and oxygen atoms in total. The number of esters is 2. The van der Waals surface area contributed by atoms with Crippen molar-refractivity contribution < 1.29 is 19.1 Å². The van der Waals surface area contributed by atoms with Crippen LogP contribution in [0.2, 0.25) is 0 Å². The van der Waals surface area contributed by atoms with Gasteiger partial charge in [-0.2, -0.15) is 0 Å². The van der Waals surface area contributed by atoms with E-state index in [1.165, 1.54) is 89.9 Å². The molecule has 0 aromatic carbocycles. The Kier molecular flexibility index (Phi) is 25.0. The van der Waals surface area contributed by atoms with E-state index in [4.69, 9.17) is 9.47 Å². The van der Waals surface area contributed by atoms with E-state index < -0.39 is 0 Å². The molecule has 0 N–H and O–H groups in total. The second-order valence-electron chi connectivity index (χ2n) is 9.11.